The highest BCUT2D eigenvalue weighted by molar-refractivity contribution is 6.30. The highest BCUT2D eigenvalue weighted by Gasteiger charge is 2.24. The lowest BCUT2D eigenvalue weighted by atomic mass is 10.0. The monoisotopic (exact) mass is 471 g/mol. The number of fused-ring (bicyclic) bond motifs is 1. The Morgan fingerprint density at radius 2 is 1.71 bits per heavy atom. The third-order valence-corrected chi connectivity index (χ3v) is 6.40. The first-order chi connectivity index (χ1) is 16.6. The van der Waals surface area contributed by atoms with E-state index in [1.165, 1.54) is 0 Å². The van der Waals surface area contributed by atoms with Gasteiger partial charge in [0.25, 0.3) is 5.91 Å². The van der Waals surface area contributed by atoms with E-state index in [0.29, 0.717) is 25.3 Å². The van der Waals surface area contributed by atoms with Crippen molar-refractivity contribution in [2.24, 2.45) is 0 Å². The zero-order chi connectivity index (χ0) is 23.5. The molecule has 6 heteroatoms. The van der Waals surface area contributed by atoms with Crippen molar-refractivity contribution in [3.8, 4) is 17.0 Å². The number of pyridine rings is 1. The molecule has 0 aliphatic carbocycles. The molecule has 1 amide bonds. The van der Waals surface area contributed by atoms with Crippen LogP contribution in [0.15, 0.2) is 78.9 Å². The molecule has 5 nitrogen and oxygen atoms in total. The Labute approximate surface area is 204 Å². The minimum Gasteiger partial charge on any atom is -0.494 e. The van der Waals surface area contributed by atoms with Crippen molar-refractivity contribution in [2.45, 2.75) is 6.92 Å². The molecule has 1 saturated heterocycles. The normalized spacial score (nSPS) is 13.8. The number of ether oxygens (including phenoxy) is 1. The summed E-state index contributed by atoms with van der Waals surface area (Å²) in [4.78, 5) is 22.4. The van der Waals surface area contributed by atoms with Crippen molar-refractivity contribution >= 4 is 34.1 Å². The fraction of sp³-hybridized carbons (Fsp3) is 0.214. The predicted molar refractivity (Wildman–Crippen MR) is 138 cm³/mol. The molecule has 0 unspecified atom stereocenters. The number of rotatable bonds is 5. The number of piperazine rings is 1. The largest absolute Gasteiger partial charge is 0.494 e. The molecule has 0 radical (unpaired) electrons. The molecule has 1 aliphatic heterocycles. The smallest absolute Gasteiger partial charge is 0.254 e. The van der Waals surface area contributed by atoms with Crippen molar-refractivity contribution < 1.29 is 9.53 Å². The molecule has 172 valence electrons. The van der Waals surface area contributed by atoms with Gasteiger partial charge in [-0.3, -0.25) is 4.79 Å². The van der Waals surface area contributed by atoms with Gasteiger partial charge in [-0.25, -0.2) is 4.98 Å². The molecule has 3 aromatic carbocycles. The maximum atomic E-state index is 13.4. The molecule has 0 atom stereocenters. The first-order valence-corrected chi connectivity index (χ1v) is 11.9. The predicted octanol–water partition coefficient (Wildman–Crippen LogP) is 5.92. The second-order valence-corrected chi connectivity index (χ2v) is 8.72. The zero-order valence-corrected chi connectivity index (χ0v) is 19.8. The third-order valence-electron chi connectivity index (χ3n) is 6.16. The molecule has 34 heavy (non-hydrogen) atoms. The van der Waals surface area contributed by atoms with Gasteiger partial charge in [-0.1, -0.05) is 23.7 Å². The fourth-order valence-electron chi connectivity index (χ4n) is 4.40. The molecule has 0 N–H and O–H groups in total. The van der Waals surface area contributed by atoms with E-state index in [2.05, 4.69) is 11.0 Å². The van der Waals surface area contributed by atoms with Crippen LogP contribution in [0.1, 0.15) is 17.3 Å². The minimum absolute atomic E-state index is 0.0481. The van der Waals surface area contributed by atoms with Crippen LogP contribution in [0.25, 0.3) is 22.2 Å². The lowest BCUT2D eigenvalue weighted by Crippen LogP contribution is -2.48. The molecule has 2 heterocycles. The van der Waals surface area contributed by atoms with E-state index in [-0.39, 0.29) is 5.91 Å². The van der Waals surface area contributed by atoms with Crippen LogP contribution < -0.4 is 9.64 Å². The number of hydrogen-bond acceptors (Lipinski definition) is 4. The van der Waals surface area contributed by atoms with Gasteiger partial charge in [0, 0.05) is 53.4 Å². The van der Waals surface area contributed by atoms with E-state index >= 15 is 0 Å². The van der Waals surface area contributed by atoms with Crippen molar-refractivity contribution in [3.05, 3.63) is 89.4 Å². The Bertz CT molecular complexity index is 1320. The standard InChI is InChI=1S/C28H26ClN3O2/c1-2-34-23-11-9-20(10-12-23)26-14-13-24-25(7-4-8-27(24)30-26)28(33)32-17-15-31(16-18-32)22-6-3-5-21(29)19-22/h3-14,19H,2,15-18H2,1H3. The second-order valence-electron chi connectivity index (χ2n) is 8.29. The summed E-state index contributed by atoms with van der Waals surface area (Å²) in [5.41, 5.74) is 4.49. The maximum Gasteiger partial charge on any atom is 0.254 e. The van der Waals surface area contributed by atoms with E-state index in [9.17, 15) is 4.79 Å². The van der Waals surface area contributed by atoms with Crippen LogP contribution in [-0.4, -0.2) is 48.6 Å². The Balaban J connectivity index is 1.34. The van der Waals surface area contributed by atoms with Crippen LogP contribution in [0.3, 0.4) is 0 Å². The summed E-state index contributed by atoms with van der Waals surface area (Å²) < 4.78 is 5.53. The van der Waals surface area contributed by atoms with Gasteiger partial charge in [0.15, 0.2) is 0 Å². The average molecular weight is 472 g/mol. The molecule has 1 aliphatic rings. The van der Waals surface area contributed by atoms with Gasteiger partial charge in [0.2, 0.25) is 0 Å². The van der Waals surface area contributed by atoms with Gasteiger partial charge in [-0.2, -0.15) is 0 Å². The Morgan fingerprint density at radius 1 is 0.941 bits per heavy atom. The molecule has 0 saturated carbocycles. The summed E-state index contributed by atoms with van der Waals surface area (Å²) in [6, 6.07) is 25.5. The SMILES string of the molecule is CCOc1ccc(-c2ccc3c(C(=O)N4CCN(c5cccc(Cl)c5)CC4)cccc3n2)cc1. The summed E-state index contributed by atoms with van der Waals surface area (Å²) in [6.07, 6.45) is 0. The quantitative estimate of drug-likeness (QED) is 0.362. The van der Waals surface area contributed by atoms with Crippen LogP contribution >= 0.6 is 11.6 Å². The topological polar surface area (TPSA) is 45.7 Å². The highest BCUT2D eigenvalue weighted by Crippen LogP contribution is 2.27. The van der Waals surface area contributed by atoms with Gasteiger partial charge >= 0.3 is 0 Å². The van der Waals surface area contributed by atoms with Crippen molar-refractivity contribution in [2.75, 3.05) is 37.7 Å². The van der Waals surface area contributed by atoms with E-state index in [4.69, 9.17) is 21.3 Å². The number of anilines is 1. The van der Waals surface area contributed by atoms with Crippen LogP contribution in [-0.2, 0) is 0 Å². The lowest BCUT2D eigenvalue weighted by molar-refractivity contribution is 0.0748. The van der Waals surface area contributed by atoms with Crippen LogP contribution in [0.4, 0.5) is 5.69 Å². The van der Waals surface area contributed by atoms with E-state index in [0.717, 1.165) is 51.7 Å². The number of aromatic nitrogens is 1. The van der Waals surface area contributed by atoms with Gasteiger partial charge in [-0.15, -0.1) is 0 Å². The van der Waals surface area contributed by atoms with Crippen LogP contribution in [0.2, 0.25) is 5.02 Å². The molecular weight excluding hydrogens is 446 g/mol. The number of hydrogen-bond donors (Lipinski definition) is 0. The van der Waals surface area contributed by atoms with Crippen molar-refractivity contribution in [1.82, 2.24) is 9.88 Å². The fourth-order valence-corrected chi connectivity index (χ4v) is 4.59. The molecular formula is C28H26ClN3O2. The van der Waals surface area contributed by atoms with E-state index < -0.39 is 0 Å². The number of carbonyl (C=O) groups is 1. The minimum atomic E-state index is 0.0481. The van der Waals surface area contributed by atoms with Crippen LogP contribution in [0.5, 0.6) is 5.75 Å². The van der Waals surface area contributed by atoms with Crippen molar-refractivity contribution in [1.29, 1.82) is 0 Å². The first kappa shape index (κ1) is 22.2. The molecule has 1 fully saturated rings. The van der Waals surface area contributed by atoms with E-state index in [1.807, 2.05) is 84.6 Å². The lowest BCUT2D eigenvalue weighted by Gasteiger charge is -2.36. The van der Waals surface area contributed by atoms with Gasteiger partial charge in [0.1, 0.15) is 5.75 Å². The average Bonchev–Trinajstić information content (AvgIpc) is 2.88. The highest BCUT2D eigenvalue weighted by atomic mass is 35.5. The summed E-state index contributed by atoms with van der Waals surface area (Å²) in [6.45, 7) is 5.49. The number of nitrogens with zero attached hydrogens (tertiary/aromatic N) is 3. The number of amides is 1. The van der Waals surface area contributed by atoms with Gasteiger partial charge in [0.05, 0.1) is 17.8 Å². The number of carbonyl (C=O) groups excluding carboxylic acids is 1. The second kappa shape index (κ2) is 9.74. The van der Waals surface area contributed by atoms with E-state index in [1.54, 1.807) is 0 Å². The van der Waals surface area contributed by atoms with Gasteiger partial charge < -0.3 is 14.5 Å². The molecule has 5 rings (SSSR count). The van der Waals surface area contributed by atoms with Crippen LogP contribution in [0, 0.1) is 0 Å². The maximum absolute atomic E-state index is 13.4. The Morgan fingerprint density at radius 3 is 2.44 bits per heavy atom. The molecule has 0 bridgehead atoms. The summed E-state index contributed by atoms with van der Waals surface area (Å²) in [5.74, 6) is 0.891. The summed E-state index contributed by atoms with van der Waals surface area (Å²) in [5, 5.41) is 1.60. The first-order valence-electron chi connectivity index (χ1n) is 11.5. The van der Waals surface area contributed by atoms with Gasteiger partial charge in [-0.05, 0) is 73.7 Å². The number of halogens is 1. The number of benzene rings is 3. The Hall–Kier alpha value is -3.57. The molecule has 1 aromatic heterocycles. The Kier molecular flexibility index (Phi) is 6.37. The zero-order valence-electron chi connectivity index (χ0n) is 19.1. The summed E-state index contributed by atoms with van der Waals surface area (Å²) in [7, 11) is 0. The molecule has 4 aromatic rings. The third kappa shape index (κ3) is 4.57. The molecule has 0 spiro atoms. The summed E-state index contributed by atoms with van der Waals surface area (Å²) >= 11 is 6.15. The van der Waals surface area contributed by atoms with Crippen molar-refractivity contribution in [3.63, 3.8) is 0 Å².